The zero-order valence-corrected chi connectivity index (χ0v) is 17.4. The Bertz CT molecular complexity index is 1020. The van der Waals surface area contributed by atoms with Crippen LogP contribution in [0.1, 0.15) is 35.1 Å². The van der Waals surface area contributed by atoms with E-state index in [-0.39, 0.29) is 18.1 Å². The molecule has 0 amide bonds. The van der Waals surface area contributed by atoms with Crippen LogP contribution in [0.2, 0.25) is 5.02 Å². The van der Waals surface area contributed by atoms with E-state index in [0.29, 0.717) is 28.1 Å². The molecule has 1 aromatic heterocycles. The Morgan fingerprint density at radius 3 is 2.59 bits per heavy atom. The third-order valence-corrected chi connectivity index (χ3v) is 5.84. The molecule has 6 nitrogen and oxygen atoms in total. The highest BCUT2D eigenvalue weighted by Gasteiger charge is 2.30. The first kappa shape index (κ1) is 19.8. The third kappa shape index (κ3) is 4.57. The van der Waals surface area contributed by atoms with Crippen LogP contribution < -0.4 is 9.47 Å². The van der Waals surface area contributed by atoms with E-state index in [9.17, 15) is 4.79 Å². The highest BCUT2D eigenvalue weighted by atomic mass is 35.5. The first-order chi connectivity index (χ1) is 14.2. The van der Waals surface area contributed by atoms with E-state index in [4.69, 9.17) is 21.1 Å². The summed E-state index contributed by atoms with van der Waals surface area (Å²) >= 11 is 7.54. The number of nitrogens with zero attached hydrogens (tertiary/aromatic N) is 3. The lowest BCUT2D eigenvalue weighted by molar-refractivity contribution is 0.101. The number of thioether (sulfide) groups is 1. The second-order valence-corrected chi connectivity index (χ2v) is 7.98. The maximum atomic E-state index is 12.7. The maximum Gasteiger partial charge on any atom is 0.192 e. The lowest BCUT2D eigenvalue weighted by Crippen LogP contribution is -2.09. The van der Waals surface area contributed by atoms with Gasteiger partial charge < -0.3 is 9.47 Å². The molecule has 0 saturated heterocycles. The predicted molar refractivity (Wildman–Crippen MR) is 112 cm³/mol. The number of halogens is 1. The van der Waals surface area contributed by atoms with Crippen molar-refractivity contribution in [1.82, 2.24) is 14.8 Å². The smallest absolute Gasteiger partial charge is 0.192 e. The molecule has 2 aromatic carbocycles. The van der Waals surface area contributed by atoms with Gasteiger partial charge in [0.15, 0.2) is 16.8 Å². The Kier molecular flexibility index (Phi) is 6.06. The quantitative estimate of drug-likeness (QED) is 0.358. The molecule has 29 heavy (non-hydrogen) atoms. The van der Waals surface area contributed by atoms with Gasteiger partial charge in [-0.1, -0.05) is 47.6 Å². The number of hydrogen-bond donors (Lipinski definition) is 0. The first-order valence-corrected chi connectivity index (χ1v) is 10.6. The van der Waals surface area contributed by atoms with Crippen molar-refractivity contribution in [1.29, 1.82) is 0 Å². The lowest BCUT2D eigenvalue weighted by atomic mass is 10.1. The molecule has 0 aliphatic heterocycles. The van der Waals surface area contributed by atoms with E-state index in [1.807, 2.05) is 30.3 Å². The molecular formula is C21H20ClN3O3S. The number of ketones is 1. The third-order valence-electron chi connectivity index (χ3n) is 4.58. The fourth-order valence-corrected chi connectivity index (χ4v) is 4.09. The largest absolute Gasteiger partial charge is 0.496 e. The van der Waals surface area contributed by atoms with E-state index >= 15 is 0 Å². The number of carbonyl (C=O) groups excluding carboxylic acids is 1. The van der Waals surface area contributed by atoms with Crippen molar-refractivity contribution in [3.8, 4) is 11.5 Å². The van der Waals surface area contributed by atoms with Crippen LogP contribution in [0.15, 0.2) is 53.7 Å². The first-order valence-electron chi connectivity index (χ1n) is 9.27. The zero-order chi connectivity index (χ0) is 20.2. The SMILES string of the molecule is COc1ccccc1C(=O)CSc1nnc(COc2ccccc2Cl)n1C1CC1. The van der Waals surface area contributed by atoms with E-state index in [0.717, 1.165) is 23.8 Å². The molecule has 3 aromatic rings. The molecule has 1 aliphatic carbocycles. The van der Waals surface area contributed by atoms with Gasteiger partial charge in [0.1, 0.15) is 18.1 Å². The van der Waals surface area contributed by atoms with Gasteiger partial charge in [-0.05, 0) is 37.1 Å². The number of methoxy groups -OCH3 is 1. The Morgan fingerprint density at radius 2 is 1.86 bits per heavy atom. The van der Waals surface area contributed by atoms with Crippen LogP contribution in [-0.2, 0) is 6.61 Å². The summed E-state index contributed by atoms with van der Waals surface area (Å²) < 4.78 is 13.2. The fourth-order valence-electron chi connectivity index (χ4n) is 2.99. The molecule has 4 rings (SSSR count). The number of rotatable bonds is 9. The summed E-state index contributed by atoms with van der Waals surface area (Å²) in [4.78, 5) is 12.7. The van der Waals surface area contributed by atoms with E-state index in [1.54, 1.807) is 25.3 Å². The monoisotopic (exact) mass is 429 g/mol. The molecule has 0 spiro atoms. The minimum atomic E-state index is -0.00772. The van der Waals surface area contributed by atoms with Crippen molar-refractivity contribution in [2.24, 2.45) is 0 Å². The molecule has 1 saturated carbocycles. The summed E-state index contributed by atoms with van der Waals surface area (Å²) in [7, 11) is 1.56. The maximum absolute atomic E-state index is 12.7. The molecule has 1 fully saturated rings. The Morgan fingerprint density at radius 1 is 1.14 bits per heavy atom. The Hall–Kier alpha value is -2.51. The van der Waals surface area contributed by atoms with E-state index in [2.05, 4.69) is 14.8 Å². The van der Waals surface area contributed by atoms with Crippen molar-refractivity contribution in [3.05, 3.63) is 64.9 Å². The molecular weight excluding hydrogens is 410 g/mol. The van der Waals surface area contributed by atoms with Gasteiger partial charge in [-0.3, -0.25) is 9.36 Å². The van der Waals surface area contributed by atoms with Gasteiger partial charge in [0.2, 0.25) is 0 Å². The average molecular weight is 430 g/mol. The zero-order valence-electron chi connectivity index (χ0n) is 15.9. The molecule has 0 unspecified atom stereocenters. The number of Topliss-reactive ketones (excluding diaryl/α,β-unsaturated/α-hetero) is 1. The predicted octanol–water partition coefficient (Wildman–Crippen LogP) is 4.83. The van der Waals surface area contributed by atoms with E-state index < -0.39 is 0 Å². The van der Waals surface area contributed by atoms with Gasteiger partial charge in [-0.15, -0.1) is 10.2 Å². The van der Waals surface area contributed by atoms with Gasteiger partial charge in [0.25, 0.3) is 0 Å². The van der Waals surface area contributed by atoms with Crippen LogP contribution in [0.4, 0.5) is 0 Å². The van der Waals surface area contributed by atoms with Crippen molar-refractivity contribution < 1.29 is 14.3 Å². The summed E-state index contributed by atoms with van der Waals surface area (Å²) in [6.45, 7) is 0.272. The summed E-state index contributed by atoms with van der Waals surface area (Å²) in [6, 6.07) is 14.9. The lowest BCUT2D eigenvalue weighted by Gasteiger charge is -2.11. The van der Waals surface area contributed by atoms with Crippen molar-refractivity contribution in [2.45, 2.75) is 30.6 Å². The molecule has 0 bridgehead atoms. The summed E-state index contributed by atoms with van der Waals surface area (Å²) in [5, 5.41) is 9.88. The topological polar surface area (TPSA) is 66.2 Å². The molecule has 1 aliphatic rings. The van der Waals surface area contributed by atoms with Crippen LogP contribution in [0, 0.1) is 0 Å². The van der Waals surface area contributed by atoms with Crippen LogP contribution in [-0.4, -0.2) is 33.4 Å². The standard InChI is InChI=1S/C21H20ClN3O3S/c1-27-18-8-4-2-6-15(18)17(26)13-29-21-24-23-20(25(21)14-10-11-14)12-28-19-9-5-3-7-16(19)22/h2-9,14H,10-13H2,1H3. The highest BCUT2D eigenvalue weighted by Crippen LogP contribution is 2.39. The number of hydrogen-bond acceptors (Lipinski definition) is 6. The molecule has 0 atom stereocenters. The van der Waals surface area contributed by atoms with Crippen molar-refractivity contribution in [2.75, 3.05) is 12.9 Å². The normalized spacial score (nSPS) is 13.3. The number of carbonyl (C=O) groups is 1. The Labute approximate surface area is 178 Å². The van der Waals surface area contributed by atoms with Crippen LogP contribution >= 0.6 is 23.4 Å². The van der Waals surface area contributed by atoms with Crippen molar-refractivity contribution in [3.63, 3.8) is 0 Å². The van der Waals surface area contributed by atoms with Gasteiger partial charge in [0, 0.05) is 6.04 Å². The van der Waals surface area contributed by atoms with Gasteiger partial charge in [-0.2, -0.15) is 0 Å². The molecule has 150 valence electrons. The molecule has 0 N–H and O–H groups in total. The number of para-hydroxylation sites is 2. The molecule has 0 radical (unpaired) electrons. The minimum Gasteiger partial charge on any atom is -0.496 e. The van der Waals surface area contributed by atoms with Gasteiger partial charge in [0.05, 0.1) is 23.4 Å². The number of aromatic nitrogens is 3. The number of benzene rings is 2. The minimum absolute atomic E-state index is 0.00772. The van der Waals surface area contributed by atoms with Crippen LogP contribution in [0.25, 0.3) is 0 Å². The second-order valence-electron chi connectivity index (χ2n) is 6.63. The van der Waals surface area contributed by atoms with Gasteiger partial charge >= 0.3 is 0 Å². The second kappa shape index (κ2) is 8.88. The molecule has 1 heterocycles. The van der Waals surface area contributed by atoms with Crippen LogP contribution in [0.3, 0.4) is 0 Å². The van der Waals surface area contributed by atoms with Crippen molar-refractivity contribution >= 4 is 29.1 Å². The van der Waals surface area contributed by atoms with Gasteiger partial charge in [-0.25, -0.2) is 0 Å². The summed E-state index contributed by atoms with van der Waals surface area (Å²) in [5.74, 6) is 2.18. The number of ether oxygens (including phenoxy) is 2. The average Bonchev–Trinajstić information content (AvgIpc) is 3.51. The Balaban J connectivity index is 1.46. The highest BCUT2D eigenvalue weighted by molar-refractivity contribution is 7.99. The van der Waals surface area contributed by atoms with Crippen LogP contribution in [0.5, 0.6) is 11.5 Å². The fraction of sp³-hybridized carbons (Fsp3) is 0.286. The summed E-state index contributed by atoms with van der Waals surface area (Å²) in [5.41, 5.74) is 0.572. The summed E-state index contributed by atoms with van der Waals surface area (Å²) in [6.07, 6.45) is 2.15. The molecule has 8 heteroatoms. The van der Waals surface area contributed by atoms with E-state index in [1.165, 1.54) is 11.8 Å².